The van der Waals surface area contributed by atoms with Gasteiger partial charge in [0.1, 0.15) is 0 Å². The van der Waals surface area contributed by atoms with E-state index in [4.69, 9.17) is 0 Å². The monoisotopic (exact) mass is 385 g/mol. The van der Waals surface area contributed by atoms with Crippen LogP contribution in [0, 0.1) is 5.92 Å². The Morgan fingerprint density at radius 3 is 2.58 bits per heavy atom. The maximum Gasteiger partial charge on any atom is 0.417 e. The zero-order valence-corrected chi connectivity index (χ0v) is 14.6. The normalized spacial score (nSPS) is 15.0. The molecule has 1 aliphatic rings. The summed E-state index contributed by atoms with van der Waals surface area (Å²) < 4.78 is 67.0. The molecule has 0 spiro atoms. The molecule has 0 aliphatic heterocycles. The zero-order chi connectivity index (χ0) is 18.8. The number of anilines is 1. The van der Waals surface area contributed by atoms with Gasteiger partial charge in [0.2, 0.25) is 10.0 Å². The van der Waals surface area contributed by atoms with E-state index in [0.717, 1.165) is 30.5 Å². The van der Waals surface area contributed by atoms with Crippen LogP contribution in [-0.4, -0.2) is 19.9 Å². The fourth-order valence-electron chi connectivity index (χ4n) is 2.43. The van der Waals surface area contributed by atoms with Gasteiger partial charge in [0.25, 0.3) is 0 Å². The van der Waals surface area contributed by atoms with Gasteiger partial charge in [0, 0.05) is 31.2 Å². The topological polar surface area (TPSA) is 71.1 Å². The summed E-state index contributed by atoms with van der Waals surface area (Å²) in [6.45, 7) is 0.442. The molecule has 2 N–H and O–H groups in total. The number of nitrogens with one attached hydrogen (secondary N) is 2. The molecule has 1 aromatic carbocycles. The lowest BCUT2D eigenvalue weighted by Crippen LogP contribution is -2.28. The standard InChI is InChI=1S/C17H18F3N3O2S/c18-17(19,20)15-8-14(22-10-13-2-1-7-21-9-13)5-6-16(15)26(24,25)23-11-12-3-4-12/h1-2,5-9,12,22-23H,3-4,10-11H2. The van der Waals surface area contributed by atoms with Crippen LogP contribution in [0.1, 0.15) is 24.0 Å². The Balaban J connectivity index is 1.83. The minimum atomic E-state index is -4.78. The first-order chi connectivity index (χ1) is 12.3. The van der Waals surface area contributed by atoms with E-state index >= 15 is 0 Å². The van der Waals surface area contributed by atoms with Gasteiger partial charge in [-0.25, -0.2) is 13.1 Å². The minimum absolute atomic E-state index is 0.167. The third-order valence-electron chi connectivity index (χ3n) is 4.05. The fourth-order valence-corrected chi connectivity index (χ4v) is 3.75. The van der Waals surface area contributed by atoms with Gasteiger partial charge in [0.05, 0.1) is 10.5 Å². The number of hydrogen-bond donors (Lipinski definition) is 2. The van der Waals surface area contributed by atoms with Gasteiger partial charge in [-0.15, -0.1) is 0 Å². The van der Waals surface area contributed by atoms with Crippen molar-refractivity contribution in [3.05, 3.63) is 53.9 Å². The van der Waals surface area contributed by atoms with Crippen LogP contribution >= 0.6 is 0 Å². The maximum atomic E-state index is 13.4. The molecule has 0 bridgehead atoms. The van der Waals surface area contributed by atoms with E-state index in [1.807, 2.05) is 0 Å². The summed E-state index contributed by atoms with van der Waals surface area (Å²) in [5, 5.41) is 2.86. The quantitative estimate of drug-likeness (QED) is 0.766. The van der Waals surface area contributed by atoms with E-state index in [0.29, 0.717) is 0 Å². The number of halogens is 3. The Labute approximate surface area is 149 Å². The second kappa shape index (κ2) is 7.24. The van der Waals surface area contributed by atoms with Gasteiger partial charge < -0.3 is 5.32 Å². The van der Waals surface area contributed by atoms with Crippen LogP contribution in [0.15, 0.2) is 47.6 Å². The highest BCUT2D eigenvalue weighted by Crippen LogP contribution is 2.36. The number of aromatic nitrogens is 1. The first-order valence-corrected chi connectivity index (χ1v) is 9.58. The second-order valence-electron chi connectivity index (χ2n) is 6.22. The smallest absolute Gasteiger partial charge is 0.381 e. The number of benzene rings is 1. The molecule has 1 saturated carbocycles. The highest BCUT2D eigenvalue weighted by Gasteiger charge is 2.38. The average Bonchev–Trinajstić information content (AvgIpc) is 3.43. The number of pyridine rings is 1. The van der Waals surface area contributed by atoms with Crippen LogP contribution in [0.2, 0.25) is 0 Å². The summed E-state index contributed by atoms with van der Waals surface area (Å²) in [7, 11) is -4.22. The highest BCUT2D eigenvalue weighted by atomic mass is 32.2. The lowest BCUT2D eigenvalue weighted by atomic mass is 10.2. The number of sulfonamides is 1. The van der Waals surface area contributed by atoms with Crippen LogP contribution < -0.4 is 10.0 Å². The fraction of sp³-hybridized carbons (Fsp3) is 0.353. The van der Waals surface area contributed by atoms with Crippen molar-refractivity contribution < 1.29 is 21.6 Å². The Morgan fingerprint density at radius 2 is 1.96 bits per heavy atom. The molecule has 1 fully saturated rings. The summed E-state index contributed by atoms with van der Waals surface area (Å²) in [4.78, 5) is 3.18. The van der Waals surface area contributed by atoms with Crippen molar-refractivity contribution in [2.24, 2.45) is 5.92 Å². The predicted octanol–water partition coefficient (Wildman–Crippen LogP) is 3.40. The molecule has 1 aromatic heterocycles. The van der Waals surface area contributed by atoms with E-state index in [1.54, 1.807) is 24.5 Å². The van der Waals surface area contributed by atoms with Crippen molar-refractivity contribution in [2.75, 3.05) is 11.9 Å². The van der Waals surface area contributed by atoms with Crippen LogP contribution in [0.4, 0.5) is 18.9 Å². The molecular weight excluding hydrogens is 367 g/mol. The van der Waals surface area contributed by atoms with E-state index in [1.165, 1.54) is 6.07 Å². The second-order valence-corrected chi connectivity index (χ2v) is 7.95. The van der Waals surface area contributed by atoms with Crippen LogP contribution in [0.5, 0.6) is 0 Å². The number of nitrogens with zero attached hydrogens (tertiary/aromatic N) is 1. The van der Waals surface area contributed by atoms with Gasteiger partial charge in [-0.1, -0.05) is 6.07 Å². The third kappa shape index (κ3) is 4.73. The van der Waals surface area contributed by atoms with E-state index in [2.05, 4.69) is 15.0 Å². The molecule has 140 valence electrons. The lowest BCUT2D eigenvalue weighted by molar-refractivity contribution is -0.139. The average molecular weight is 385 g/mol. The number of rotatable bonds is 7. The van der Waals surface area contributed by atoms with Crippen LogP contribution in [0.25, 0.3) is 0 Å². The first kappa shape index (κ1) is 18.7. The molecule has 0 atom stereocenters. The Bertz CT molecular complexity index is 867. The summed E-state index contributed by atoms with van der Waals surface area (Å²) >= 11 is 0. The molecule has 0 radical (unpaired) electrons. The van der Waals surface area contributed by atoms with Gasteiger partial charge in [0.15, 0.2) is 0 Å². The first-order valence-electron chi connectivity index (χ1n) is 8.09. The molecule has 2 aromatic rings. The zero-order valence-electron chi connectivity index (χ0n) is 13.8. The molecule has 9 heteroatoms. The number of hydrogen-bond acceptors (Lipinski definition) is 4. The van der Waals surface area contributed by atoms with Crippen molar-refractivity contribution >= 4 is 15.7 Å². The molecular formula is C17H18F3N3O2S. The van der Waals surface area contributed by atoms with E-state index < -0.39 is 26.7 Å². The van der Waals surface area contributed by atoms with Crippen molar-refractivity contribution in [3.63, 3.8) is 0 Å². The van der Waals surface area contributed by atoms with Gasteiger partial charge in [-0.05, 0) is 48.6 Å². The lowest BCUT2D eigenvalue weighted by Gasteiger charge is -2.16. The summed E-state index contributed by atoms with van der Waals surface area (Å²) in [6.07, 6.45) is 0.200. The van der Waals surface area contributed by atoms with Crippen LogP contribution in [0.3, 0.4) is 0 Å². The highest BCUT2D eigenvalue weighted by molar-refractivity contribution is 7.89. The van der Waals surface area contributed by atoms with Crippen molar-refractivity contribution in [1.82, 2.24) is 9.71 Å². The van der Waals surface area contributed by atoms with Crippen molar-refractivity contribution in [2.45, 2.75) is 30.5 Å². The van der Waals surface area contributed by atoms with Gasteiger partial charge in [-0.3, -0.25) is 4.98 Å². The maximum absolute atomic E-state index is 13.4. The van der Waals surface area contributed by atoms with Crippen molar-refractivity contribution in [3.8, 4) is 0 Å². The molecule has 26 heavy (non-hydrogen) atoms. The summed E-state index contributed by atoms with van der Waals surface area (Å²) in [5.74, 6) is 0.222. The SMILES string of the molecule is O=S(=O)(NCC1CC1)c1ccc(NCc2cccnc2)cc1C(F)(F)F. The predicted molar refractivity (Wildman–Crippen MR) is 90.9 cm³/mol. The molecule has 1 aliphatic carbocycles. The Kier molecular flexibility index (Phi) is 5.19. The minimum Gasteiger partial charge on any atom is -0.381 e. The number of alkyl halides is 3. The molecule has 3 rings (SSSR count). The Morgan fingerprint density at radius 1 is 1.19 bits per heavy atom. The molecule has 0 unspecified atom stereocenters. The third-order valence-corrected chi connectivity index (χ3v) is 5.53. The van der Waals surface area contributed by atoms with Crippen LogP contribution in [-0.2, 0) is 22.7 Å². The van der Waals surface area contributed by atoms with Gasteiger partial charge in [-0.2, -0.15) is 13.2 Å². The van der Waals surface area contributed by atoms with E-state index in [9.17, 15) is 21.6 Å². The largest absolute Gasteiger partial charge is 0.417 e. The molecule has 1 heterocycles. The molecule has 5 nitrogen and oxygen atoms in total. The molecule has 0 saturated heterocycles. The summed E-state index contributed by atoms with van der Waals surface area (Å²) in [6, 6.07) is 6.65. The summed E-state index contributed by atoms with van der Waals surface area (Å²) in [5.41, 5.74) is -0.205. The Hall–Kier alpha value is -2.13. The molecule has 0 amide bonds. The van der Waals surface area contributed by atoms with Gasteiger partial charge >= 0.3 is 6.18 Å². The van der Waals surface area contributed by atoms with E-state index in [-0.39, 0.29) is 24.7 Å². The van der Waals surface area contributed by atoms with Crippen molar-refractivity contribution in [1.29, 1.82) is 0 Å².